The van der Waals surface area contributed by atoms with Crippen LogP contribution in [0.3, 0.4) is 0 Å². The van der Waals surface area contributed by atoms with Crippen molar-refractivity contribution in [2.45, 2.75) is 19.6 Å². The maximum Gasteiger partial charge on any atom is 0.194 e. The highest BCUT2D eigenvalue weighted by molar-refractivity contribution is 14.0. The van der Waals surface area contributed by atoms with Gasteiger partial charge in [-0.2, -0.15) is 0 Å². The van der Waals surface area contributed by atoms with Gasteiger partial charge in [0.2, 0.25) is 0 Å². The monoisotopic (exact) mass is 572 g/mol. The van der Waals surface area contributed by atoms with Gasteiger partial charge in [-0.05, 0) is 30.7 Å². The van der Waals surface area contributed by atoms with Crippen LogP contribution in [0.15, 0.2) is 41.5 Å². The van der Waals surface area contributed by atoms with Gasteiger partial charge in [-0.1, -0.05) is 6.07 Å². The van der Waals surface area contributed by atoms with Crippen LogP contribution in [-0.2, 0) is 11.3 Å². The standard InChI is InChI=1S/C23H30F2N6O.HI/c1-17-16-31(11-12-32-17)22-6-3-18(14-27-22)15-28-23(26-2)30-9-7-29(8-10-30)21-13-19(24)4-5-20(21)25;/h3-6,13-14,17H,7-12,15-16H2,1-2H3,(H,26,28);1H. The van der Waals surface area contributed by atoms with Crippen LogP contribution in [0.1, 0.15) is 12.5 Å². The van der Waals surface area contributed by atoms with Gasteiger partial charge in [0.1, 0.15) is 17.5 Å². The Hall–Kier alpha value is -2.21. The lowest BCUT2D eigenvalue weighted by Crippen LogP contribution is -2.52. The molecule has 2 aliphatic rings. The van der Waals surface area contributed by atoms with E-state index in [4.69, 9.17) is 4.74 Å². The van der Waals surface area contributed by atoms with Crippen LogP contribution >= 0.6 is 24.0 Å². The smallest absolute Gasteiger partial charge is 0.194 e. The normalized spacial score (nSPS) is 19.3. The molecule has 0 spiro atoms. The lowest BCUT2D eigenvalue weighted by Gasteiger charge is -2.37. The molecule has 0 amide bonds. The SMILES string of the molecule is CN=C(NCc1ccc(N2CCOC(C)C2)nc1)N1CCN(c2cc(F)ccc2F)CC1.I. The Bertz CT molecular complexity index is 937. The van der Waals surface area contributed by atoms with Gasteiger partial charge in [0, 0.05) is 65.1 Å². The largest absolute Gasteiger partial charge is 0.375 e. The lowest BCUT2D eigenvalue weighted by molar-refractivity contribution is 0.0529. The highest BCUT2D eigenvalue weighted by atomic mass is 127. The number of piperazine rings is 1. The molecule has 1 aromatic carbocycles. The molecule has 1 aromatic heterocycles. The summed E-state index contributed by atoms with van der Waals surface area (Å²) in [5.41, 5.74) is 1.38. The van der Waals surface area contributed by atoms with Crippen LogP contribution in [-0.4, -0.2) is 74.9 Å². The van der Waals surface area contributed by atoms with E-state index in [9.17, 15) is 8.78 Å². The molecule has 4 rings (SSSR count). The Morgan fingerprint density at radius 2 is 1.91 bits per heavy atom. The molecule has 1 unspecified atom stereocenters. The van der Waals surface area contributed by atoms with E-state index in [1.165, 1.54) is 12.1 Å². The molecule has 1 N–H and O–H groups in total. The van der Waals surface area contributed by atoms with Gasteiger partial charge in [0.15, 0.2) is 5.96 Å². The second kappa shape index (κ2) is 11.8. The summed E-state index contributed by atoms with van der Waals surface area (Å²) in [6.07, 6.45) is 2.11. The summed E-state index contributed by atoms with van der Waals surface area (Å²) in [7, 11) is 1.75. The maximum atomic E-state index is 14.1. The number of nitrogens with zero attached hydrogens (tertiary/aromatic N) is 5. The van der Waals surface area contributed by atoms with Crippen molar-refractivity contribution in [1.82, 2.24) is 15.2 Å². The van der Waals surface area contributed by atoms with E-state index in [0.717, 1.165) is 43.1 Å². The van der Waals surface area contributed by atoms with Gasteiger partial charge in [0.25, 0.3) is 0 Å². The topological polar surface area (TPSA) is 56.2 Å². The van der Waals surface area contributed by atoms with E-state index in [0.29, 0.717) is 38.4 Å². The second-order valence-corrected chi connectivity index (χ2v) is 8.12. The molecule has 2 aromatic rings. The molecule has 180 valence electrons. The molecular weight excluding hydrogens is 541 g/mol. The van der Waals surface area contributed by atoms with E-state index in [1.54, 1.807) is 7.05 Å². The predicted molar refractivity (Wildman–Crippen MR) is 138 cm³/mol. The Labute approximate surface area is 210 Å². The van der Waals surface area contributed by atoms with Crippen molar-refractivity contribution >= 4 is 41.4 Å². The van der Waals surface area contributed by atoms with Crippen LogP contribution in [0, 0.1) is 11.6 Å². The number of hydrogen-bond acceptors (Lipinski definition) is 5. The number of halogens is 3. The van der Waals surface area contributed by atoms with E-state index >= 15 is 0 Å². The molecule has 33 heavy (non-hydrogen) atoms. The summed E-state index contributed by atoms with van der Waals surface area (Å²) in [6.45, 7) is 7.63. The van der Waals surface area contributed by atoms with Crippen LogP contribution in [0.2, 0.25) is 0 Å². The van der Waals surface area contributed by atoms with Crippen molar-refractivity contribution in [2.75, 3.05) is 62.7 Å². The average molecular weight is 572 g/mol. The molecule has 7 nitrogen and oxygen atoms in total. The first-order valence-electron chi connectivity index (χ1n) is 11.0. The van der Waals surface area contributed by atoms with Gasteiger partial charge in [-0.3, -0.25) is 4.99 Å². The molecule has 2 saturated heterocycles. The van der Waals surface area contributed by atoms with E-state index in [1.807, 2.05) is 17.2 Å². The number of nitrogens with one attached hydrogen (secondary N) is 1. The first-order valence-corrected chi connectivity index (χ1v) is 11.0. The zero-order chi connectivity index (χ0) is 22.5. The number of anilines is 2. The van der Waals surface area contributed by atoms with Gasteiger partial charge >= 0.3 is 0 Å². The fourth-order valence-corrected chi connectivity index (χ4v) is 4.14. The fourth-order valence-electron chi connectivity index (χ4n) is 4.14. The highest BCUT2D eigenvalue weighted by Gasteiger charge is 2.22. The first-order chi connectivity index (χ1) is 15.5. The quantitative estimate of drug-likeness (QED) is 0.346. The molecule has 3 heterocycles. The number of aromatic nitrogens is 1. The first kappa shape index (κ1) is 25.4. The van der Waals surface area contributed by atoms with Gasteiger partial charge < -0.3 is 24.8 Å². The molecule has 2 fully saturated rings. The van der Waals surface area contributed by atoms with Gasteiger partial charge in [0.05, 0.1) is 18.4 Å². The molecule has 2 aliphatic heterocycles. The number of benzene rings is 1. The number of pyridine rings is 1. The molecule has 0 radical (unpaired) electrons. The maximum absolute atomic E-state index is 14.1. The summed E-state index contributed by atoms with van der Waals surface area (Å²) in [5.74, 6) is 0.929. The molecular formula is C23H31F2IN6O. The Morgan fingerprint density at radius 1 is 1.12 bits per heavy atom. The number of guanidine groups is 1. The predicted octanol–water partition coefficient (Wildman–Crippen LogP) is 3.10. The summed E-state index contributed by atoms with van der Waals surface area (Å²) < 4.78 is 33.2. The molecule has 1 atom stereocenters. The summed E-state index contributed by atoms with van der Waals surface area (Å²) in [4.78, 5) is 15.3. The molecule has 10 heteroatoms. The van der Waals surface area contributed by atoms with E-state index in [2.05, 4.69) is 38.1 Å². The Kier molecular flexibility index (Phi) is 9.07. The summed E-state index contributed by atoms with van der Waals surface area (Å²) >= 11 is 0. The number of morpholine rings is 1. The van der Waals surface area contributed by atoms with Crippen molar-refractivity contribution in [2.24, 2.45) is 4.99 Å². The van der Waals surface area contributed by atoms with Crippen LogP contribution in [0.25, 0.3) is 0 Å². The third-order valence-corrected chi connectivity index (χ3v) is 5.86. The van der Waals surface area contributed by atoms with Crippen molar-refractivity contribution in [3.05, 3.63) is 53.7 Å². The van der Waals surface area contributed by atoms with Gasteiger partial charge in [-0.25, -0.2) is 13.8 Å². The van der Waals surface area contributed by atoms with Crippen molar-refractivity contribution in [1.29, 1.82) is 0 Å². The van der Waals surface area contributed by atoms with Crippen molar-refractivity contribution in [3.63, 3.8) is 0 Å². The third-order valence-electron chi connectivity index (χ3n) is 5.86. The minimum atomic E-state index is -0.427. The minimum Gasteiger partial charge on any atom is -0.375 e. The molecule has 0 bridgehead atoms. The third kappa shape index (κ3) is 6.44. The van der Waals surface area contributed by atoms with Crippen LogP contribution < -0.4 is 15.1 Å². The highest BCUT2D eigenvalue weighted by Crippen LogP contribution is 2.22. The van der Waals surface area contributed by atoms with Crippen LogP contribution in [0.4, 0.5) is 20.3 Å². The lowest BCUT2D eigenvalue weighted by atomic mass is 10.2. The van der Waals surface area contributed by atoms with E-state index in [-0.39, 0.29) is 30.1 Å². The van der Waals surface area contributed by atoms with E-state index < -0.39 is 11.6 Å². The Balaban J connectivity index is 0.00000306. The number of rotatable bonds is 4. The number of hydrogen-bond donors (Lipinski definition) is 1. The Morgan fingerprint density at radius 3 is 2.58 bits per heavy atom. The number of aliphatic imine (C=N–C) groups is 1. The number of ether oxygens (including phenoxy) is 1. The van der Waals surface area contributed by atoms with Gasteiger partial charge in [-0.15, -0.1) is 24.0 Å². The van der Waals surface area contributed by atoms with Crippen LogP contribution in [0.5, 0.6) is 0 Å². The average Bonchev–Trinajstić information content (AvgIpc) is 2.82. The summed E-state index contributed by atoms with van der Waals surface area (Å²) in [5, 5.41) is 3.39. The molecule has 0 saturated carbocycles. The zero-order valence-corrected chi connectivity index (χ0v) is 21.3. The van der Waals surface area contributed by atoms with Crippen molar-refractivity contribution in [3.8, 4) is 0 Å². The zero-order valence-electron chi connectivity index (χ0n) is 19.0. The molecule has 0 aliphatic carbocycles. The van der Waals surface area contributed by atoms with Crippen molar-refractivity contribution < 1.29 is 13.5 Å². The second-order valence-electron chi connectivity index (χ2n) is 8.12. The minimum absolute atomic E-state index is 0. The fraction of sp³-hybridized carbons (Fsp3) is 0.478. The summed E-state index contributed by atoms with van der Waals surface area (Å²) in [6, 6.07) is 7.70.